The van der Waals surface area contributed by atoms with Gasteiger partial charge in [-0.25, -0.2) is 0 Å². The zero-order valence-corrected chi connectivity index (χ0v) is 6.60. The van der Waals surface area contributed by atoms with E-state index < -0.39 is 0 Å². The lowest BCUT2D eigenvalue weighted by Gasteiger charge is -2.36. The molecule has 0 radical (unpaired) electrons. The van der Waals surface area contributed by atoms with Crippen molar-refractivity contribution in [3.8, 4) is 0 Å². The van der Waals surface area contributed by atoms with Crippen molar-refractivity contribution in [3.63, 3.8) is 0 Å². The van der Waals surface area contributed by atoms with Crippen LogP contribution in [-0.4, -0.2) is 12.6 Å². The normalized spacial score (nSPS) is 35.4. The van der Waals surface area contributed by atoms with Crippen LogP contribution in [0.1, 0.15) is 38.5 Å². The highest BCUT2D eigenvalue weighted by Crippen LogP contribution is 2.32. The monoisotopic (exact) mass is 139 g/mol. The molecule has 1 N–H and O–H groups in total. The van der Waals surface area contributed by atoms with Crippen LogP contribution in [0.3, 0.4) is 0 Å². The van der Waals surface area contributed by atoms with Gasteiger partial charge in [0.2, 0.25) is 0 Å². The Balaban J connectivity index is 1.78. The topological polar surface area (TPSA) is 12.0 Å². The highest BCUT2D eigenvalue weighted by atomic mass is 14.9. The van der Waals surface area contributed by atoms with Gasteiger partial charge in [-0.2, -0.15) is 0 Å². The second-order valence-corrected chi connectivity index (χ2v) is 3.75. The highest BCUT2D eigenvalue weighted by molar-refractivity contribution is 4.84. The molecular formula is C9H17N. The van der Waals surface area contributed by atoms with Crippen LogP contribution in [0.15, 0.2) is 0 Å². The van der Waals surface area contributed by atoms with Gasteiger partial charge in [-0.05, 0) is 38.1 Å². The first-order valence-electron chi connectivity index (χ1n) is 4.70. The Morgan fingerprint density at radius 1 is 0.900 bits per heavy atom. The summed E-state index contributed by atoms with van der Waals surface area (Å²) in [5, 5.41) is 3.62. The molecule has 0 aromatic rings. The van der Waals surface area contributed by atoms with Crippen LogP contribution in [0.2, 0.25) is 0 Å². The van der Waals surface area contributed by atoms with E-state index in [4.69, 9.17) is 0 Å². The summed E-state index contributed by atoms with van der Waals surface area (Å²) < 4.78 is 0. The second-order valence-electron chi connectivity index (χ2n) is 3.75. The van der Waals surface area contributed by atoms with Crippen LogP contribution >= 0.6 is 0 Å². The summed E-state index contributed by atoms with van der Waals surface area (Å²) in [5.41, 5.74) is 0. The van der Waals surface area contributed by atoms with Crippen molar-refractivity contribution in [3.05, 3.63) is 0 Å². The molecular weight excluding hydrogens is 122 g/mol. The zero-order chi connectivity index (χ0) is 6.81. The van der Waals surface area contributed by atoms with E-state index in [-0.39, 0.29) is 0 Å². The third-order valence-corrected chi connectivity index (χ3v) is 3.07. The first kappa shape index (κ1) is 6.66. The molecule has 1 saturated carbocycles. The van der Waals surface area contributed by atoms with Gasteiger partial charge in [-0.15, -0.1) is 0 Å². The van der Waals surface area contributed by atoms with Crippen LogP contribution < -0.4 is 5.32 Å². The SMILES string of the molecule is C1CCC(C2CCC2)NC1. The summed E-state index contributed by atoms with van der Waals surface area (Å²) in [4.78, 5) is 0. The van der Waals surface area contributed by atoms with Gasteiger partial charge in [0.15, 0.2) is 0 Å². The lowest BCUT2D eigenvalue weighted by atomic mass is 9.77. The van der Waals surface area contributed by atoms with Crippen LogP contribution in [-0.2, 0) is 0 Å². The van der Waals surface area contributed by atoms with Gasteiger partial charge >= 0.3 is 0 Å². The molecule has 10 heavy (non-hydrogen) atoms. The van der Waals surface area contributed by atoms with Gasteiger partial charge in [0.05, 0.1) is 0 Å². The zero-order valence-electron chi connectivity index (χ0n) is 6.60. The third-order valence-electron chi connectivity index (χ3n) is 3.07. The number of hydrogen-bond acceptors (Lipinski definition) is 1. The Kier molecular flexibility index (Phi) is 1.94. The van der Waals surface area contributed by atoms with Crippen LogP contribution in [0.4, 0.5) is 0 Å². The number of nitrogens with one attached hydrogen (secondary N) is 1. The molecule has 1 aliphatic heterocycles. The van der Waals surface area contributed by atoms with Gasteiger partial charge in [0.25, 0.3) is 0 Å². The molecule has 0 spiro atoms. The van der Waals surface area contributed by atoms with Crippen LogP contribution in [0.25, 0.3) is 0 Å². The fourth-order valence-electron chi connectivity index (χ4n) is 2.12. The maximum absolute atomic E-state index is 3.62. The summed E-state index contributed by atoms with van der Waals surface area (Å²) >= 11 is 0. The minimum Gasteiger partial charge on any atom is -0.314 e. The molecule has 1 heterocycles. The average molecular weight is 139 g/mol. The van der Waals surface area contributed by atoms with Gasteiger partial charge in [-0.1, -0.05) is 12.8 Å². The Morgan fingerprint density at radius 3 is 2.30 bits per heavy atom. The van der Waals surface area contributed by atoms with Crippen molar-refractivity contribution < 1.29 is 0 Å². The average Bonchev–Trinajstić information content (AvgIpc) is 1.86. The minimum atomic E-state index is 0.905. The lowest BCUT2D eigenvalue weighted by Crippen LogP contribution is -2.42. The van der Waals surface area contributed by atoms with Crippen molar-refractivity contribution in [2.24, 2.45) is 5.92 Å². The molecule has 0 amide bonds. The molecule has 0 aromatic heterocycles. The molecule has 1 atom stereocenters. The molecule has 1 unspecified atom stereocenters. The van der Waals surface area contributed by atoms with Gasteiger partial charge in [-0.3, -0.25) is 0 Å². The Morgan fingerprint density at radius 2 is 1.80 bits per heavy atom. The predicted molar refractivity (Wildman–Crippen MR) is 43.0 cm³/mol. The minimum absolute atomic E-state index is 0.905. The number of piperidine rings is 1. The summed E-state index contributed by atoms with van der Waals surface area (Å²) in [5.74, 6) is 1.06. The molecule has 1 aliphatic carbocycles. The molecule has 58 valence electrons. The van der Waals surface area contributed by atoms with Gasteiger partial charge in [0, 0.05) is 6.04 Å². The number of rotatable bonds is 1. The molecule has 2 rings (SSSR count). The summed E-state index contributed by atoms with van der Waals surface area (Å²) in [6.45, 7) is 1.28. The van der Waals surface area contributed by atoms with Crippen molar-refractivity contribution in [1.29, 1.82) is 0 Å². The first-order valence-corrected chi connectivity index (χ1v) is 4.70. The number of hydrogen-bond donors (Lipinski definition) is 1. The third kappa shape index (κ3) is 1.20. The quantitative estimate of drug-likeness (QED) is 0.585. The van der Waals surface area contributed by atoms with Crippen molar-refractivity contribution in [2.45, 2.75) is 44.6 Å². The summed E-state index contributed by atoms with van der Waals surface area (Å²) in [7, 11) is 0. The standard InChI is InChI=1S/C9H17N/c1-2-7-10-9(6-1)8-4-3-5-8/h8-10H,1-7H2. The smallest absolute Gasteiger partial charge is 0.00953 e. The van der Waals surface area contributed by atoms with E-state index in [2.05, 4.69) is 5.32 Å². The van der Waals surface area contributed by atoms with E-state index in [9.17, 15) is 0 Å². The Bertz CT molecular complexity index is 101. The Labute approximate surface area is 63.2 Å². The predicted octanol–water partition coefficient (Wildman–Crippen LogP) is 1.93. The van der Waals surface area contributed by atoms with Crippen molar-refractivity contribution >= 4 is 0 Å². The molecule has 0 aromatic carbocycles. The van der Waals surface area contributed by atoms with Crippen molar-refractivity contribution in [2.75, 3.05) is 6.54 Å². The molecule has 0 bridgehead atoms. The van der Waals surface area contributed by atoms with E-state index in [1.165, 1.54) is 45.1 Å². The summed E-state index contributed by atoms with van der Waals surface area (Å²) in [6, 6.07) is 0.905. The van der Waals surface area contributed by atoms with E-state index in [0.717, 1.165) is 12.0 Å². The summed E-state index contributed by atoms with van der Waals surface area (Å²) in [6.07, 6.45) is 8.81. The maximum atomic E-state index is 3.62. The van der Waals surface area contributed by atoms with Gasteiger partial charge in [0.1, 0.15) is 0 Å². The van der Waals surface area contributed by atoms with Crippen LogP contribution in [0, 0.1) is 5.92 Å². The van der Waals surface area contributed by atoms with Crippen LogP contribution in [0.5, 0.6) is 0 Å². The lowest BCUT2D eigenvalue weighted by molar-refractivity contribution is 0.200. The molecule has 2 aliphatic rings. The molecule has 1 nitrogen and oxygen atoms in total. The Hall–Kier alpha value is -0.0400. The second kappa shape index (κ2) is 2.91. The maximum Gasteiger partial charge on any atom is 0.00953 e. The van der Waals surface area contributed by atoms with E-state index in [0.29, 0.717) is 0 Å². The molecule has 1 heteroatoms. The first-order chi connectivity index (χ1) is 4.97. The largest absolute Gasteiger partial charge is 0.314 e. The van der Waals surface area contributed by atoms with Crippen molar-refractivity contribution in [1.82, 2.24) is 5.32 Å². The van der Waals surface area contributed by atoms with E-state index >= 15 is 0 Å². The van der Waals surface area contributed by atoms with E-state index in [1.54, 1.807) is 0 Å². The highest BCUT2D eigenvalue weighted by Gasteiger charge is 2.27. The van der Waals surface area contributed by atoms with Gasteiger partial charge < -0.3 is 5.32 Å². The fourth-order valence-corrected chi connectivity index (χ4v) is 2.12. The molecule has 1 saturated heterocycles. The van der Waals surface area contributed by atoms with E-state index in [1.807, 2.05) is 0 Å². The fraction of sp³-hybridized carbons (Fsp3) is 1.00. The molecule has 2 fully saturated rings.